The van der Waals surface area contributed by atoms with Crippen LogP contribution in [0.2, 0.25) is 0 Å². The summed E-state index contributed by atoms with van der Waals surface area (Å²) in [6.07, 6.45) is 0.238. The molecule has 9 heteroatoms. The number of H-pyrrole nitrogens is 1. The molecule has 2 aromatic carbocycles. The van der Waals surface area contributed by atoms with E-state index in [0.29, 0.717) is 39.7 Å². The van der Waals surface area contributed by atoms with Crippen LogP contribution in [0.5, 0.6) is 11.5 Å². The SMILES string of the molecule is COc1ccc(-c2noc(CCn3c(=O)[nH]c4ccccc4c3=O)n2)cc1OC. The van der Waals surface area contributed by atoms with Gasteiger partial charge in [0, 0.05) is 18.5 Å². The van der Waals surface area contributed by atoms with Gasteiger partial charge in [-0.15, -0.1) is 0 Å². The average molecular weight is 394 g/mol. The summed E-state index contributed by atoms with van der Waals surface area (Å²) >= 11 is 0. The van der Waals surface area contributed by atoms with E-state index in [1.807, 2.05) is 0 Å². The van der Waals surface area contributed by atoms with Gasteiger partial charge in [-0.25, -0.2) is 4.79 Å². The Labute approximate surface area is 164 Å². The summed E-state index contributed by atoms with van der Waals surface area (Å²) in [5.41, 5.74) is 0.364. The lowest BCUT2D eigenvalue weighted by atomic mass is 10.2. The van der Waals surface area contributed by atoms with Gasteiger partial charge in [0.2, 0.25) is 11.7 Å². The molecule has 4 aromatic rings. The molecule has 0 amide bonds. The number of nitrogens with one attached hydrogen (secondary N) is 1. The van der Waals surface area contributed by atoms with Gasteiger partial charge in [-0.2, -0.15) is 4.98 Å². The number of nitrogens with zero attached hydrogens (tertiary/aromatic N) is 3. The summed E-state index contributed by atoms with van der Waals surface area (Å²) < 4.78 is 16.9. The molecule has 0 saturated carbocycles. The topological polar surface area (TPSA) is 112 Å². The predicted molar refractivity (Wildman–Crippen MR) is 105 cm³/mol. The summed E-state index contributed by atoms with van der Waals surface area (Å²) in [6.45, 7) is 0.118. The van der Waals surface area contributed by atoms with E-state index in [0.717, 1.165) is 4.57 Å². The zero-order valence-corrected chi connectivity index (χ0v) is 15.8. The van der Waals surface area contributed by atoms with Crippen LogP contribution in [0.4, 0.5) is 0 Å². The Balaban J connectivity index is 1.57. The molecule has 148 valence electrons. The largest absolute Gasteiger partial charge is 0.493 e. The van der Waals surface area contributed by atoms with Crippen molar-refractivity contribution in [3.63, 3.8) is 0 Å². The third-order valence-electron chi connectivity index (χ3n) is 4.55. The maximum absolute atomic E-state index is 12.6. The molecule has 9 nitrogen and oxygen atoms in total. The molecule has 29 heavy (non-hydrogen) atoms. The second-order valence-electron chi connectivity index (χ2n) is 6.26. The van der Waals surface area contributed by atoms with E-state index in [9.17, 15) is 9.59 Å². The van der Waals surface area contributed by atoms with Gasteiger partial charge in [0.25, 0.3) is 5.56 Å². The minimum atomic E-state index is -0.478. The normalized spacial score (nSPS) is 11.0. The van der Waals surface area contributed by atoms with Crippen molar-refractivity contribution in [3.8, 4) is 22.9 Å². The number of rotatable bonds is 6. The number of fused-ring (bicyclic) bond motifs is 1. The van der Waals surface area contributed by atoms with E-state index >= 15 is 0 Å². The van der Waals surface area contributed by atoms with Gasteiger partial charge in [0.15, 0.2) is 11.5 Å². The molecule has 1 N–H and O–H groups in total. The van der Waals surface area contributed by atoms with E-state index in [2.05, 4.69) is 15.1 Å². The Kier molecular flexibility index (Phi) is 4.86. The lowest BCUT2D eigenvalue weighted by Crippen LogP contribution is -2.35. The van der Waals surface area contributed by atoms with Crippen LogP contribution in [-0.4, -0.2) is 33.9 Å². The monoisotopic (exact) mass is 394 g/mol. The summed E-state index contributed by atoms with van der Waals surface area (Å²) in [6, 6.07) is 12.1. The zero-order valence-electron chi connectivity index (χ0n) is 15.8. The smallest absolute Gasteiger partial charge is 0.328 e. The molecule has 4 rings (SSSR count). The number of para-hydroxylation sites is 1. The van der Waals surface area contributed by atoms with Crippen molar-refractivity contribution in [2.24, 2.45) is 0 Å². The molecule has 0 aliphatic rings. The van der Waals surface area contributed by atoms with Gasteiger partial charge in [-0.1, -0.05) is 17.3 Å². The standard InChI is InChI=1S/C20H18N4O5/c1-27-15-8-7-12(11-16(15)28-2)18-22-17(29-23-18)9-10-24-19(25)13-5-3-4-6-14(13)21-20(24)26/h3-8,11H,9-10H2,1-2H3,(H,21,26). The number of benzene rings is 2. The van der Waals surface area contributed by atoms with Crippen molar-refractivity contribution >= 4 is 10.9 Å². The highest BCUT2D eigenvalue weighted by Gasteiger charge is 2.13. The van der Waals surface area contributed by atoms with Crippen LogP contribution in [0.3, 0.4) is 0 Å². The predicted octanol–water partition coefficient (Wildman–Crippen LogP) is 2.00. The van der Waals surface area contributed by atoms with Crippen LogP contribution in [-0.2, 0) is 13.0 Å². The number of ether oxygens (including phenoxy) is 2. The number of aromatic amines is 1. The number of hydrogen-bond acceptors (Lipinski definition) is 7. The fourth-order valence-electron chi connectivity index (χ4n) is 3.06. The first-order valence-electron chi connectivity index (χ1n) is 8.87. The van der Waals surface area contributed by atoms with Gasteiger partial charge < -0.3 is 19.0 Å². The first-order chi connectivity index (χ1) is 14.1. The fourth-order valence-corrected chi connectivity index (χ4v) is 3.06. The molecular weight excluding hydrogens is 376 g/mol. The van der Waals surface area contributed by atoms with Crippen molar-refractivity contribution in [1.29, 1.82) is 0 Å². The van der Waals surface area contributed by atoms with Crippen LogP contribution < -0.4 is 20.7 Å². The zero-order chi connectivity index (χ0) is 20.4. The molecule has 0 radical (unpaired) electrons. The second kappa shape index (κ2) is 7.63. The van der Waals surface area contributed by atoms with Gasteiger partial charge in [0.05, 0.1) is 25.1 Å². The molecule has 0 aliphatic heterocycles. The summed E-state index contributed by atoms with van der Waals surface area (Å²) in [7, 11) is 3.10. The first kappa shape index (κ1) is 18.5. The van der Waals surface area contributed by atoms with Crippen LogP contribution in [0.15, 0.2) is 56.6 Å². The molecule has 0 aliphatic carbocycles. The van der Waals surface area contributed by atoms with Crippen molar-refractivity contribution in [3.05, 3.63) is 69.2 Å². The molecule has 2 aromatic heterocycles. The third-order valence-corrected chi connectivity index (χ3v) is 4.55. The Bertz CT molecular complexity index is 1290. The number of methoxy groups -OCH3 is 2. The van der Waals surface area contributed by atoms with E-state index < -0.39 is 5.69 Å². The summed E-state index contributed by atoms with van der Waals surface area (Å²) in [5.74, 6) is 1.83. The maximum Gasteiger partial charge on any atom is 0.328 e. The summed E-state index contributed by atoms with van der Waals surface area (Å²) in [5, 5.41) is 4.42. The van der Waals surface area contributed by atoms with Gasteiger partial charge in [-0.3, -0.25) is 9.36 Å². The Morgan fingerprint density at radius 2 is 1.86 bits per heavy atom. The minimum absolute atomic E-state index is 0.118. The average Bonchev–Trinajstić information content (AvgIpc) is 3.22. The van der Waals surface area contributed by atoms with Crippen LogP contribution in [0.1, 0.15) is 5.89 Å². The van der Waals surface area contributed by atoms with Crippen molar-refractivity contribution in [1.82, 2.24) is 19.7 Å². The van der Waals surface area contributed by atoms with E-state index in [1.54, 1.807) is 56.7 Å². The van der Waals surface area contributed by atoms with Crippen LogP contribution >= 0.6 is 0 Å². The number of aromatic nitrogens is 4. The lowest BCUT2D eigenvalue weighted by molar-refractivity contribution is 0.355. The van der Waals surface area contributed by atoms with Crippen LogP contribution in [0.25, 0.3) is 22.3 Å². The third kappa shape index (κ3) is 3.49. The lowest BCUT2D eigenvalue weighted by Gasteiger charge is -2.07. The van der Waals surface area contributed by atoms with Gasteiger partial charge >= 0.3 is 5.69 Å². The van der Waals surface area contributed by atoms with Crippen molar-refractivity contribution < 1.29 is 14.0 Å². The molecule has 0 fully saturated rings. The second-order valence-corrected chi connectivity index (χ2v) is 6.26. The maximum atomic E-state index is 12.6. The highest BCUT2D eigenvalue weighted by atomic mass is 16.5. The van der Waals surface area contributed by atoms with E-state index in [-0.39, 0.29) is 18.5 Å². The quantitative estimate of drug-likeness (QED) is 0.532. The number of hydrogen-bond donors (Lipinski definition) is 1. The first-order valence-corrected chi connectivity index (χ1v) is 8.87. The molecule has 0 atom stereocenters. The van der Waals surface area contributed by atoms with E-state index in [1.165, 1.54) is 0 Å². The highest BCUT2D eigenvalue weighted by Crippen LogP contribution is 2.31. The molecule has 2 heterocycles. The highest BCUT2D eigenvalue weighted by molar-refractivity contribution is 5.76. The molecule has 0 spiro atoms. The molecule has 0 saturated heterocycles. The fraction of sp³-hybridized carbons (Fsp3) is 0.200. The van der Waals surface area contributed by atoms with Crippen LogP contribution in [0, 0.1) is 0 Å². The summed E-state index contributed by atoms with van der Waals surface area (Å²) in [4.78, 5) is 31.9. The van der Waals surface area contributed by atoms with Gasteiger partial charge in [-0.05, 0) is 30.3 Å². The molecule has 0 unspecified atom stereocenters. The van der Waals surface area contributed by atoms with E-state index in [4.69, 9.17) is 14.0 Å². The van der Waals surface area contributed by atoms with Crippen molar-refractivity contribution in [2.45, 2.75) is 13.0 Å². The Morgan fingerprint density at radius 3 is 2.66 bits per heavy atom. The number of aryl methyl sites for hydroxylation is 1. The Hall–Kier alpha value is -3.88. The minimum Gasteiger partial charge on any atom is -0.493 e. The molecular formula is C20H18N4O5. The molecule has 0 bridgehead atoms. The Morgan fingerprint density at radius 1 is 1.07 bits per heavy atom. The van der Waals surface area contributed by atoms with Crippen molar-refractivity contribution in [2.75, 3.05) is 14.2 Å². The van der Waals surface area contributed by atoms with Gasteiger partial charge in [0.1, 0.15) is 0 Å².